The minimum absolute atomic E-state index is 0.0511. The number of amides is 1. The van der Waals surface area contributed by atoms with Gasteiger partial charge in [-0.1, -0.05) is 12.1 Å². The fraction of sp³-hybridized carbons (Fsp3) is 0.214. The quantitative estimate of drug-likeness (QED) is 0.765. The summed E-state index contributed by atoms with van der Waals surface area (Å²) in [5, 5.41) is 7.17. The average Bonchev–Trinajstić information content (AvgIpc) is 2.91. The van der Waals surface area contributed by atoms with E-state index in [9.17, 15) is 9.59 Å². The van der Waals surface area contributed by atoms with Crippen LogP contribution in [-0.2, 0) is 22.6 Å². The number of esters is 1. The Labute approximate surface area is 121 Å². The van der Waals surface area contributed by atoms with E-state index in [1.54, 1.807) is 24.5 Å². The van der Waals surface area contributed by atoms with Crippen molar-refractivity contribution in [3.63, 3.8) is 0 Å². The maximum atomic E-state index is 11.3. The van der Waals surface area contributed by atoms with E-state index in [2.05, 4.69) is 15.2 Å². The molecule has 0 aliphatic heterocycles. The lowest BCUT2D eigenvalue weighted by molar-refractivity contribution is -0.118. The summed E-state index contributed by atoms with van der Waals surface area (Å²) in [5.41, 5.74) is 7.39. The molecule has 0 fully saturated rings. The van der Waals surface area contributed by atoms with Gasteiger partial charge in [0.2, 0.25) is 5.91 Å². The van der Waals surface area contributed by atoms with Crippen LogP contribution in [0.4, 0.5) is 5.69 Å². The van der Waals surface area contributed by atoms with Crippen LogP contribution in [0, 0.1) is 0 Å². The van der Waals surface area contributed by atoms with Gasteiger partial charge < -0.3 is 15.8 Å². The lowest BCUT2D eigenvalue weighted by Gasteiger charge is -2.05. The monoisotopic (exact) mass is 288 g/mol. The molecule has 0 radical (unpaired) electrons. The molecule has 110 valence electrons. The zero-order valence-electron chi connectivity index (χ0n) is 11.6. The van der Waals surface area contributed by atoms with Gasteiger partial charge in [0.05, 0.1) is 24.6 Å². The van der Waals surface area contributed by atoms with Crippen LogP contribution in [0.1, 0.15) is 15.9 Å². The van der Waals surface area contributed by atoms with Crippen molar-refractivity contribution in [1.82, 2.24) is 9.78 Å². The van der Waals surface area contributed by atoms with Gasteiger partial charge >= 0.3 is 5.97 Å². The van der Waals surface area contributed by atoms with Gasteiger partial charge in [-0.05, 0) is 17.7 Å². The third-order valence-corrected chi connectivity index (χ3v) is 2.82. The first-order valence-corrected chi connectivity index (χ1v) is 6.30. The third kappa shape index (κ3) is 4.07. The number of nitrogens with zero attached hydrogens (tertiary/aromatic N) is 2. The van der Waals surface area contributed by atoms with Crippen molar-refractivity contribution < 1.29 is 14.3 Å². The molecular formula is C14H16N4O3. The molecule has 2 rings (SSSR count). The van der Waals surface area contributed by atoms with Crippen molar-refractivity contribution in [1.29, 1.82) is 0 Å². The number of aromatic nitrogens is 2. The molecule has 0 saturated heterocycles. The molecular weight excluding hydrogens is 272 g/mol. The van der Waals surface area contributed by atoms with Crippen LogP contribution in [0.2, 0.25) is 0 Å². The average molecular weight is 288 g/mol. The number of anilines is 1. The first-order chi connectivity index (χ1) is 10.1. The van der Waals surface area contributed by atoms with Gasteiger partial charge in [0.25, 0.3) is 0 Å². The number of methoxy groups -OCH3 is 1. The Balaban J connectivity index is 1.92. The number of primary amides is 1. The second kappa shape index (κ2) is 6.56. The normalized spacial score (nSPS) is 10.1. The lowest BCUT2D eigenvalue weighted by atomic mass is 10.1. The van der Waals surface area contributed by atoms with Crippen LogP contribution in [0.25, 0.3) is 0 Å². The third-order valence-electron chi connectivity index (χ3n) is 2.82. The summed E-state index contributed by atoms with van der Waals surface area (Å²) < 4.78 is 6.10. The van der Waals surface area contributed by atoms with Crippen molar-refractivity contribution in [2.24, 2.45) is 5.73 Å². The molecule has 1 aromatic heterocycles. The van der Waals surface area contributed by atoms with E-state index in [0.29, 0.717) is 12.1 Å². The molecule has 1 amide bonds. The predicted octanol–water partition coefficient (Wildman–Crippen LogP) is 0.767. The molecule has 1 aromatic carbocycles. The van der Waals surface area contributed by atoms with E-state index in [-0.39, 0.29) is 12.5 Å². The molecule has 21 heavy (non-hydrogen) atoms. The van der Waals surface area contributed by atoms with E-state index >= 15 is 0 Å². The lowest BCUT2D eigenvalue weighted by Crippen LogP contribution is -2.18. The number of nitrogens with two attached hydrogens (primary N) is 1. The largest absolute Gasteiger partial charge is 0.465 e. The summed E-state index contributed by atoms with van der Waals surface area (Å²) in [5.74, 6) is -0.801. The Hall–Kier alpha value is -2.83. The maximum absolute atomic E-state index is 11.3. The van der Waals surface area contributed by atoms with Crippen LogP contribution in [0.3, 0.4) is 0 Å². The molecule has 0 atom stereocenters. The van der Waals surface area contributed by atoms with E-state index in [1.165, 1.54) is 11.8 Å². The highest BCUT2D eigenvalue weighted by Gasteiger charge is 2.05. The maximum Gasteiger partial charge on any atom is 0.337 e. The Bertz CT molecular complexity index is 634. The number of hydrogen-bond acceptors (Lipinski definition) is 5. The highest BCUT2D eigenvalue weighted by Crippen LogP contribution is 2.10. The molecule has 0 aliphatic rings. The van der Waals surface area contributed by atoms with E-state index < -0.39 is 5.91 Å². The Kier molecular flexibility index (Phi) is 4.55. The number of benzene rings is 1. The number of ether oxygens (including phenoxy) is 1. The molecule has 0 aliphatic carbocycles. The summed E-state index contributed by atoms with van der Waals surface area (Å²) in [7, 11) is 1.35. The number of carbonyl (C=O) groups excluding carboxylic acids is 2. The first kappa shape index (κ1) is 14.6. The molecule has 0 bridgehead atoms. The van der Waals surface area contributed by atoms with Gasteiger partial charge in [-0.3, -0.25) is 9.48 Å². The van der Waals surface area contributed by atoms with Gasteiger partial charge in [-0.15, -0.1) is 0 Å². The fourth-order valence-electron chi connectivity index (χ4n) is 1.78. The highest BCUT2D eigenvalue weighted by atomic mass is 16.5. The predicted molar refractivity (Wildman–Crippen MR) is 76.5 cm³/mol. The van der Waals surface area contributed by atoms with Crippen LogP contribution < -0.4 is 11.1 Å². The van der Waals surface area contributed by atoms with Crippen LogP contribution in [-0.4, -0.2) is 28.8 Å². The highest BCUT2D eigenvalue weighted by molar-refractivity contribution is 5.89. The van der Waals surface area contributed by atoms with Gasteiger partial charge in [0, 0.05) is 12.7 Å². The number of nitrogens with one attached hydrogen (secondary N) is 1. The van der Waals surface area contributed by atoms with Crippen LogP contribution in [0.15, 0.2) is 36.7 Å². The van der Waals surface area contributed by atoms with Crippen molar-refractivity contribution in [3.05, 3.63) is 47.8 Å². The Morgan fingerprint density at radius 1 is 1.33 bits per heavy atom. The zero-order chi connectivity index (χ0) is 15.2. The standard InChI is InChI=1S/C14H16N4O3/c1-21-14(20)11-4-2-10(3-5-11)6-16-12-7-17-18(8-12)9-13(15)19/h2-5,7-8,16H,6,9H2,1H3,(H2,15,19). The van der Waals surface area contributed by atoms with Crippen LogP contribution >= 0.6 is 0 Å². The molecule has 0 unspecified atom stereocenters. The van der Waals surface area contributed by atoms with E-state index in [1.807, 2.05) is 12.1 Å². The number of carbonyl (C=O) groups is 2. The molecule has 3 N–H and O–H groups in total. The fourth-order valence-corrected chi connectivity index (χ4v) is 1.78. The number of hydrogen-bond donors (Lipinski definition) is 2. The molecule has 7 heteroatoms. The Morgan fingerprint density at radius 3 is 2.67 bits per heavy atom. The minimum Gasteiger partial charge on any atom is -0.465 e. The molecule has 0 saturated carbocycles. The van der Waals surface area contributed by atoms with Crippen molar-refractivity contribution >= 4 is 17.6 Å². The summed E-state index contributed by atoms with van der Waals surface area (Å²) in [6.45, 7) is 0.624. The van der Waals surface area contributed by atoms with Gasteiger partial charge in [-0.25, -0.2) is 4.79 Å². The van der Waals surface area contributed by atoms with Crippen molar-refractivity contribution in [3.8, 4) is 0 Å². The van der Waals surface area contributed by atoms with Crippen molar-refractivity contribution in [2.45, 2.75) is 13.1 Å². The van der Waals surface area contributed by atoms with E-state index in [0.717, 1.165) is 11.3 Å². The van der Waals surface area contributed by atoms with E-state index in [4.69, 9.17) is 5.73 Å². The van der Waals surface area contributed by atoms with Gasteiger partial charge in [0.15, 0.2) is 0 Å². The zero-order valence-corrected chi connectivity index (χ0v) is 11.6. The summed E-state index contributed by atoms with van der Waals surface area (Å²) >= 11 is 0. The summed E-state index contributed by atoms with van der Waals surface area (Å²) in [6.07, 6.45) is 3.32. The molecule has 0 spiro atoms. The topological polar surface area (TPSA) is 99.2 Å². The smallest absolute Gasteiger partial charge is 0.337 e. The summed E-state index contributed by atoms with van der Waals surface area (Å²) in [6, 6.07) is 7.10. The van der Waals surface area contributed by atoms with Crippen LogP contribution in [0.5, 0.6) is 0 Å². The van der Waals surface area contributed by atoms with Gasteiger partial charge in [0.1, 0.15) is 6.54 Å². The second-order valence-electron chi connectivity index (χ2n) is 4.43. The minimum atomic E-state index is -0.442. The Morgan fingerprint density at radius 2 is 2.05 bits per heavy atom. The van der Waals surface area contributed by atoms with Crippen molar-refractivity contribution in [2.75, 3.05) is 12.4 Å². The second-order valence-corrected chi connectivity index (χ2v) is 4.43. The SMILES string of the molecule is COC(=O)c1ccc(CNc2cnn(CC(N)=O)c2)cc1. The summed E-state index contributed by atoms with van der Waals surface area (Å²) in [4.78, 5) is 22.1. The molecule has 7 nitrogen and oxygen atoms in total. The number of rotatable bonds is 6. The van der Waals surface area contributed by atoms with Gasteiger partial charge in [-0.2, -0.15) is 5.10 Å². The molecule has 1 heterocycles. The molecule has 2 aromatic rings. The first-order valence-electron chi connectivity index (χ1n) is 6.30.